The highest BCUT2D eigenvalue weighted by Crippen LogP contribution is 2.27. The molecule has 0 saturated heterocycles. The molecule has 0 aliphatic rings. The molecule has 0 aromatic heterocycles. The lowest BCUT2D eigenvalue weighted by Crippen LogP contribution is -2.14. The molecule has 0 unspecified atom stereocenters. The van der Waals surface area contributed by atoms with Gasteiger partial charge in [0.15, 0.2) is 0 Å². The highest BCUT2D eigenvalue weighted by Gasteiger charge is 2.16. The van der Waals surface area contributed by atoms with Crippen molar-refractivity contribution < 1.29 is 19.2 Å². The average Bonchev–Trinajstić information content (AvgIpc) is 2.37. The maximum Gasteiger partial charge on any atom is 0.306 e. The van der Waals surface area contributed by atoms with Crippen LogP contribution in [0.3, 0.4) is 0 Å². The van der Waals surface area contributed by atoms with Gasteiger partial charge >= 0.3 is 5.97 Å². The second kappa shape index (κ2) is 6.69. The number of benzene rings is 1. The molecule has 1 amide bonds. The Balaban J connectivity index is 2.74. The fraction of sp³-hybridized carbons (Fsp3) is 0.273. The third-order valence-corrected chi connectivity index (χ3v) is 2.45. The van der Waals surface area contributed by atoms with Crippen molar-refractivity contribution in [3.63, 3.8) is 0 Å². The van der Waals surface area contributed by atoms with Crippen molar-refractivity contribution in [2.45, 2.75) is 12.8 Å². The molecule has 19 heavy (non-hydrogen) atoms. The summed E-state index contributed by atoms with van der Waals surface area (Å²) in [6.45, 7) is 0. The first kappa shape index (κ1) is 14.9. The van der Waals surface area contributed by atoms with Crippen molar-refractivity contribution >= 4 is 34.9 Å². The van der Waals surface area contributed by atoms with Gasteiger partial charge in [-0.2, -0.15) is 0 Å². The van der Waals surface area contributed by atoms with Crippen LogP contribution in [0.25, 0.3) is 0 Å². The zero-order valence-corrected chi connectivity index (χ0v) is 10.8. The lowest BCUT2D eigenvalue weighted by Gasteiger charge is -2.05. The van der Waals surface area contributed by atoms with E-state index in [2.05, 4.69) is 10.1 Å². The van der Waals surface area contributed by atoms with Crippen LogP contribution >= 0.6 is 11.6 Å². The Kier molecular flexibility index (Phi) is 5.25. The number of hydrogen-bond donors (Lipinski definition) is 1. The highest BCUT2D eigenvalue weighted by atomic mass is 35.5. The summed E-state index contributed by atoms with van der Waals surface area (Å²) in [5.74, 6) is -1.04. The van der Waals surface area contributed by atoms with E-state index in [-0.39, 0.29) is 29.2 Å². The molecule has 0 spiro atoms. The number of nitrogens with one attached hydrogen (secondary N) is 1. The van der Waals surface area contributed by atoms with Crippen LogP contribution in [0, 0.1) is 10.1 Å². The summed E-state index contributed by atoms with van der Waals surface area (Å²) >= 11 is 5.64. The maximum absolute atomic E-state index is 11.5. The Morgan fingerprint density at radius 3 is 2.68 bits per heavy atom. The predicted molar refractivity (Wildman–Crippen MR) is 68.0 cm³/mol. The van der Waals surface area contributed by atoms with E-state index in [0.29, 0.717) is 0 Å². The highest BCUT2D eigenvalue weighted by molar-refractivity contribution is 6.31. The lowest BCUT2D eigenvalue weighted by molar-refractivity contribution is -0.383. The van der Waals surface area contributed by atoms with Gasteiger partial charge in [-0.05, 0) is 12.1 Å². The number of rotatable bonds is 5. The molecule has 0 radical (unpaired) electrons. The molecule has 1 aromatic carbocycles. The van der Waals surface area contributed by atoms with Gasteiger partial charge in [0.1, 0.15) is 5.69 Å². The number of anilines is 1. The Morgan fingerprint density at radius 1 is 1.42 bits per heavy atom. The quantitative estimate of drug-likeness (QED) is 0.508. The van der Waals surface area contributed by atoms with Crippen LogP contribution in [0.4, 0.5) is 11.4 Å². The summed E-state index contributed by atoms with van der Waals surface area (Å²) < 4.78 is 4.38. The molecule has 1 N–H and O–H groups in total. The zero-order chi connectivity index (χ0) is 14.4. The molecule has 1 aromatic rings. The van der Waals surface area contributed by atoms with Crippen molar-refractivity contribution in [2.24, 2.45) is 0 Å². The van der Waals surface area contributed by atoms with E-state index in [0.717, 1.165) is 6.07 Å². The molecule has 0 aliphatic carbocycles. The van der Waals surface area contributed by atoms with Gasteiger partial charge in [0.05, 0.1) is 18.5 Å². The van der Waals surface area contributed by atoms with Crippen LogP contribution in [0.15, 0.2) is 18.2 Å². The van der Waals surface area contributed by atoms with Gasteiger partial charge in [-0.15, -0.1) is 0 Å². The summed E-state index contributed by atoms with van der Waals surface area (Å²) in [5, 5.41) is 13.3. The summed E-state index contributed by atoms with van der Waals surface area (Å²) in [6.07, 6.45) is -0.212. The number of ether oxygens (including phenoxy) is 1. The van der Waals surface area contributed by atoms with Crippen molar-refractivity contribution in [1.82, 2.24) is 0 Å². The topological polar surface area (TPSA) is 98.5 Å². The molecule has 1 rings (SSSR count). The predicted octanol–water partition coefficient (Wildman–Crippen LogP) is 2.14. The van der Waals surface area contributed by atoms with Crippen LogP contribution in [-0.2, 0) is 14.3 Å². The number of nitrogens with zero attached hydrogens (tertiary/aromatic N) is 1. The van der Waals surface area contributed by atoms with Crippen LogP contribution in [0.2, 0.25) is 5.02 Å². The van der Waals surface area contributed by atoms with Gasteiger partial charge in [-0.3, -0.25) is 19.7 Å². The second-order valence-electron chi connectivity index (χ2n) is 3.54. The molecule has 0 fully saturated rings. The summed E-state index contributed by atoms with van der Waals surface area (Å²) in [7, 11) is 1.21. The van der Waals surface area contributed by atoms with Crippen molar-refractivity contribution in [2.75, 3.05) is 12.4 Å². The van der Waals surface area contributed by atoms with Crippen molar-refractivity contribution in [1.29, 1.82) is 0 Å². The average molecular weight is 287 g/mol. The monoisotopic (exact) mass is 286 g/mol. The van der Waals surface area contributed by atoms with Crippen LogP contribution in [-0.4, -0.2) is 23.9 Å². The van der Waals surface area contributed by atoms with E-state index in [9.17, 15) is 19.7 Å². The summed E-state index contributed by atoms with van der Waals surface area (Å²) in [4.78, 5) is 32.5. The zero-order valence-electron chi connectivity index (χ0n) is 10.0. The number of amides is 1. The minimum atomic E-state index is -0.651. The molecular formula is C11H11ClN2O5. The number of nitro groups is 1. The number of esters is 1. The molecular weight excluding hydrogens is 276 g/mol. The molecule has 0 aliphatic heterocycles. The van der Waals surface area contributed by atoms with Crippen LogP contribution in [0.5, 0.6) is 0 Å². The van der Waals surface area contributed by atoms with Gasteiger partial charge < -0.3 is 10.1 Å². The largest absolute Gasteiger partial charge is 0.469 e. The number of nitro benzene ring substituents is 1. The fourth-order valence-electron chi connectivity index (χ4n) is 1.29. The Hall–Kier alpha value is -2.15. The summed E-state index contributed by atoms with van der Waals surface area (Å²) in [5.41, 5.74) is -0.275. The Bertz CT molecular complexity index is 518. The standard InChI is InChI=1S/C11H11ClN2O5/c1-19-11(16)5-4-10(15)13-8-3-2-7(12)6-9(8)14(17)18/h2-3,6H,4-5H2,1H3,(H,13,15). The van der Waals surface area contributed by atoms with E-state index >= 15 is 0 Å². The maximum atomic E-state index is 11.5. The molecule has 8 heteroatoms. The number of carbonyl (C=O) groups excluding carboxylic acids is 2. The first-order chi connectivity index (χ1) is 8.93. The van der Waals surface area contributed by atoms with Gasteiger partial charge in [0.25, 0.3) is 5.69 Å². The molecule has 7 nitrogen and oxygen atoms in total. The normalized spacial score (nSPS) is 9.79. The molecule has 102 valence electrons. The first-order valence-electron chi connectivity index (χ1n) is 5.24. The van der Waals surface area contributed by atoms with Crippen molar-refractivity contribution in [3.05, 3.63) is 33.3 Å². The smallest absolute Gasteiger partial charge is 0.306 e. The third kappa shape index (κ3) is 4.55. The SMILES string of the molecule is COC(=O)CCC(=O)Nc1ccc(Cl)cc1[N+](=O)[O-]. The molecule has 0 heterocycles. The molecule has 0 saturated carbocycles. The van der Waals surface area contributed by atoms with E-state index in [4.69, 9.17) is 11.6 Å². The van der Waals surface area contributed by atoms with Gasteiger partial charge in [0, 0.05) is 17.5 Å². The third-order valence-electron chi connectivity index (χ3n) is 2.21. The number of carbonyl (C=O) groups is 2. The number of methoxy groups -OCH3 is 1. The van der Waals surface area contributed by atoms with Gasteiger partial charge in [-0.1, -0.05) is 11.6 Å². The van der Waals surface area contributed by atoms with E-state index in [1.165, 1.54) is 19.2 Å². The van der Waals surface area contributed by atoms with Gasteiger partial charge in [-0.25, -0.2) is 0 Å². The Labute approximate surface area is 113 Å². The van der Waals surface area contributed by atoms with E-state index < -0.39 is 16.8 Å². The minimum Gasteiger partial charge on any atom is -0.469 e. The molecule has 0 bridgehead atoms. The van der Waals surface area contributed by atoms with E-state index in [1.54, 1.807) is 0 Å². The van der Waals surface area contributed by atoms with Crippen LogP contribution < -0.4 is 5.32 Å². The lowest BCUT2D eigenvalue weighted by atomic mass is 10.2. The summed E-state index contributed by atoms with van der Waals surface area (Å²) in [6, 6.07) is 3.89. The molecule has 0 atom stereocenters. The van der Waals surface area contributed by atoms with Crippen molar-refractivity contribution in [3.8, 4) is 0 Å². The Morgan fingerprint density at radius 2 is 2.11 bits per heavy atom. The minimum absolute atomic E-state index is 0.0317. The second-order valence-corrected chi connectivity index (χ2v) is 3.98. The fourth-order valence-corrected chi connectivity index (χ4v) is 1.46. The number of hydrogen-bond acceptors (Lipinski definition) is 5. The van der Waals surface area contributed by atoms with E-state index in [1.807, 2.05) is 0 Å². The number of halogens is 1. The van der Waals surface area contributed by atoms with Crippen LogP contribution in [0.1, 0.15) is 12.8 Å². The first-order valence-corrected chi connectivity index (χ1v) is 5.62. The van der Waals surface area contributed by atoms with Gasteiger partial charge in [0.2, 0.25) is 5.91 Å².